The number of nitrogen functional groups attached to an aromatic ring is 1. The van der Waals surface area contributed by atoms with Crippen LogP contribution in [0.15, 0.2) is 43.0 Å². The first-order valence-electron chi connectivity index (χ1n) is 7.75. The van der Waals surface area contributed by atoms with Gasteiger partial charge in [0.1, 0.15) is 17.8 Å². The van der Waals surface area contributed by atoms with E-state index in [4.69, 9.17) is 5.73 Å². The highest BCUT2D eigenvalue weighted by Gasteiger charge is 2.52. The van der Waals surface area contributed by atoms with E-state index in [1.165, 1.54) is 24.5 Å². The van der Waals surface area contributed by atoms with E-state index in [2.05, 4.69) is 24.9 Å². The van der Waals surface area contributed by atoms with Gasteiger partial charge >= 0.3 is 0 Å². The SMILES string of the molecule is Nc1nccc(-c2cnc(C3(c4ncccc4F)CC(F)C3)nc2)n1. The third-order valence-corrected chi connectivity index (χ3v) is 4.40. The van der Waals surface area contributed by atoms with Gasteiger partial charge in [-0.2, -0.15) is 0 Å². The summed E-state index contributed by atoms with van der Waals surface area (Å²) in [4.78, 5) is 20.8. The standard InChI is InChI=1S/C17H14F2N6/c18-11-6-17(7-11,14-12(19)2-1-4-21-14)15-23-8-10(9-24-15)13-3-5-22-16(20)25-13/h1-5,8-9,11H,6-7H2,(H2,20,22,25). The van der Waals surface area contributed by atoms with E-state index in [1.807, 2.05) is 0 Å². The minimum atomic E-state index is -1.02. The molecule has 1 aliphatic rings. The molecule has 1 saturated carbocycles. The molecule has 0 saturated heterocycles. The summed E-state index contributed by atoms with van der Waals surface area (Å²) in [6.45, 7) is 0. The van der Waals surface area contributed by atoms with Crippen molar-refractivity contribution >= 4 is 5.95 Å². The molecular formula is C17H14F2N6. The van der Waals surface area contributed by atoms with E-state index >= 15 is 0 Å². The van der Waals surface area contributed by atoms with Gasteiger partial charge in [-0.15, -0.1) is 0 Å². The monoisotopic (exact) mass is 340 g/mol. The van der Waals surface area contributed by atoms with Crippen LogP contribution in [-0.2, 0) is 5.41 Å². The number of anilines is 1. The van der Waals surface area contributed by atoms with Crippen LogP contribution in [0.5, 0.6) is 0 Å². The molecule has 1 fully saturated rings. The smallest absolute Gasteiger partial charge is 0.220 e. The fourth-order valence-electron chi connectivity index (χ4n) is 3.16. The second kappa shape index (κ2) is 5.80. The molecule has 6 nitrogen and oxygen atoms in total. The number of hydrogen-bond donors (Lipinski definition) is 1. The lowest BCUT2D eigenvalue weighted by Crippen LogP contribution is -2.46. The van der Waals surface area contributed by atoms with Crippen LogP contribution in [0, 0.1) is 5.82 Å². The van der Waals surface area contributed by atoms with Crippen molar-refractivity contribution in [3.8, 4) is 11.3 Å². The number of rotatable bonds is 3. The molecule has 25 heavy (non-hydrogen) atoms. The van der Waals surface area contributed by atoms with Crippen molar-refractivity contribution in [2.75, 3.05) is 5.73 Å². The highest BCUT2D eigenvalue weighted by molar-refractivity contribution is 5.57. The van der Waals surface area contributed by atoms with E-state index < -0.39 is 17.4 Å². The molecule has 0 aromatic carbocycles. The fraction of sp³-hybridized carbons (Fsp3) is 0.235. The summed E-state index contributed by atoms with van der Waals surface area (Å²) in [5, 5.41) is 0. The zero-order chi connectivity index (χ0) is 17.4. The minimum absolute atomic E-state index is 0.112. The third kappa shape index (κ3) is 2.59. The maximum absolute atomic E-state index is 14.2. The van der Waals surface area contributed by atoms with Crippen LogP contribution < -0.4 is 5.73 Å². The zero-order valence-electron chi connectivity index (χ0n) is 13.1. The van der Waals surface area contributed by atoms with Crippen molar-refractivity contribution in [1.29, 1.82) is 0 Å². The Morgan fingerprint density at radius 3 is 2.44 bits per heavy atom. The quantitative estimate of drug-likeness (QED) is 0.788. The molecule has 0 amide bonds. The molecule has 8 heteroatoms. The highest BCUT2D eigenvalue weighted by atomic mass is 19.1. The van der Waals surface area contributed by atoms with E-state index in [0.717, 1.165) is 0 Å². The van der Waals surface area contributed by atoms with E-state index in [0.29, 0.717) is 17.1 Å². The Kier molecular flexibility index (Phi) is 3.60. The third-order valence-electron chi connectivity index (χ3n) is 4.40. The van der Waals surface area contributed by atoms with Gasteiger partial charge in [0.05, 0.1) is 16.8 Å². The summed E-state index contributed by atoms with van der Waals surface area (Å²) in [7, 11) is 0. The van der Waals surface area contributed by atoms with E-state index in [9.17, 15) is 8.78 Å². The lowest BCUT2D eigenvalue weighted by molar-refractivity contribution is 0.110. The molecule has 0 atom stereocenters. The molecule has 0 bridgehead atoms. The zero-order valence-corrected chi connectivity index (χ0v) is 13.1. The number of nitrogens with zero attached hydrogens (tertiary/aromatic N) is 5. The number of nitrogens with two attached hydrogens (primary N) is 1. The minimum Gasteiger partial charge on any atom is -0.368 e. The number of alkyl halides is 1. The van der Waals surface area contributed by atoms with Crippen molar-refractivity contribution in [2.45, 2.75) is 24.4 Å². The summed E-state index contributed by atoms with van der Waals surface area (Å²) >= 11 is 0. The second-order valence-electron chi connectivity index (χ2n) is 6.02. The second-order valence-corrected chi connectivity index (χ2v) is 6.02. The summed E-state index contributed by atoms with van der Waals surface area (Å²) in [5.74, 6) is 0.0169. The van der Waals surface area contributed by atoms with Crippen LogP contribution in [0.1, 0.15) is 24.4 Å². The topological polar surface area (TPSA) is 90.5 Å². The van der Waals surface area contributed by atoms with Crippen molar-refractivity contribution < 1.29 is 8.78 Å². The van der Waals surface area contributed by atoms with Crippen LogP contribution in [0.25, 0.3) is 11.3 Å². The molecule has 1 aliphatic carbocycles. The van der Waals surface area contributed by atoms with Gasteiger partial charge in [-0.3, -0.25) is 4.98 Å². The first-order chi connectivity index (χ1) is 12.1. The van der Waals surface area contributed by atoms with Gasteiger partial charge in [0.15, 0.2) is 0 Å². The Hall–Kier alpha value is -3.03. The van der Waals surface area contributed by atoms with Crippen molar-refractivity contribution in [2.24, 2.45) is 0 Å². The number of halogens is 2. The Morgan fingerprint density at radius 1 is 1.04 bits per heavy atom. The van der Waals surface area contributed by atoms with Gasteiger partial charge in [-0.05, 0) is 31.0 Å². The number of hydrogen-bond acceptors (Lipinski definition) is 6. The molecule has 3 heterocycles. The van der Waals surface area contributed by atoms with E-state index in [1.54, 1.807) is 18.5 Å². The maximum atomic E-state index is 14.2. The molecular weight excluding hydrogens is 326 g/mol. The van der Waals surface area contributed by atoms with Crippen LogP contribution in [0.2, 0.25) is 0 Å². The fourth-order valence-corrected chi connectivity index (χ4v) is 3.16. The number of aromatic nitrogens is 5. The van der Waals surface area contributed by atoms with Crippen molar-refractivity contribution in [3.05, 3.63) is 60.3 Å². The Labute approximate surface area is 142 Å². The van der Waals surface area contributed by atoms with Gasteiger partial charge in [-0.1, -0.05) is 0 Å². The molecule has 0 unspecified atom stereocenters. The van der Waals surface area contributed by atoms with E-state index in [-0.39, 0.29) is 24.5 Å². The average molecular weight is 340 g/mol. The Bertz CT molecular complexity index is 909. The molecule has 3 aromatic heterocycles. The Balaban J connectivity index is 1.74. The van der Waals surface area contributed by atoms with Crippen LogP contribution >= 0.6 is 0 Å². The molecule has 0 spiro atoms. The summed E-state index contributed by atoms with van der Waals surface area (Å²) in [6, 6.07) is 4.50. The normalized spacial score (nSPS) is 22.4. The van der Waals surface area contributed by atoms with Gasteiger partial charge in [0.25, 0.3) is 0 Å². The Morgan fingerprint density at radius 2 is 1.80 bits per heavy atom. The predicted molar refractivity (Wildman–Crippen MR) is 86.6 cm³/mol. The summed E-state index contributed by atoms with van der Waals surface area (Å²) in [5.41, 5.74) is 6.05. The summed E-state index contributed by atoms with van der Waals surface area (Å²) < 4.78 is 27.9. The predicted octanol–water partition coefficient (Wildman–Crippen LogP) is 2.47. The van der Waals surface area contributed by atoms with Crippen molar-refractivity contribution in [3.63, 3.8) is 0 Å². The summed E-state index contributed by atoms with van der Waals surface area (Å²) in [6.07, 6.45) is 5.36. The van der Waals surface area contributed by atoms with Crippen molar-refractivity contribution in [1.82, 2.24) is 24.9 Å². The first-order valence-corrected chi connectivity index (χ1v) is 7.75. The van der Waals surface area contributed by atoms with Gasteiger partial charge in [0, 0.05) is 30.4 Å². The molecule has 3 aromatic rings. The maximum Gasteiger partial charge on any atom is 0.220 e. The van der Waals surface area contributed by atoms with Crippen LogP contribution in [0.4, 0.5) is 14.7 Å². The number of pyridine rings is 1. The molecule has 0 aliphatic heterocycles. The lowest BCUT2D eigenvalue weighted by atomic mass is 9.64. The van der Waals surface area contributed by atoms with Crippen LogP contribution in [0.3, 0.4) is 0 Å². The largest absolute Gasteiger partial charge is 0.368 e. The van der Waals surface area contributed by atoms with Crippen LogP contribution in [-0.4, -0.2) is 31.1 Å². The molecule has 0 radical (unpaired) electrons. The molecule has 4 rings (SSSR count). The van der Waals surface area contributed by atoms with Gasteiger partial charge < -0.3 is 5.73 Å². The first kappa shape index (κ1) is 15.5. The van der Waals surface area contributed by atoms with Gasteiger partial charge in [0.2, 0.25) is 5.95 Å². The molecule has 126 valence electrons. The molecule has 2 N–H and O–H groups in total. The lowest BCUT2D eigenvalue weighted by Gasteiger charge is -2.42. The average Bonchev–Trinajstić information content (AvgIpc) is 2.60. The highest BCUT2D eigenvalue weighted by Crippen LogP contribution is 2.49. The van der Waals surface area contributed by atoms with Gasteiger partial charge in [-0.25, -0.2) is 28.7 Å².